The molecule has 1 aliphatic rings. The molecule has 0 radical (unpaired) electrons. The van der Waals surface area contributed by atoms with Crippen LogP contribution >= 0.6 is 35.6 Å². The number of methoxy groups -OCH3 is 1. The topological polar surface area (TPSA) is 59.8 Å². The third-order valence-electron chi connectivity index (χ3n) is 5.33. The van der Waals surface area contributed by atoms with E-state index in [4.69, 9.17) is 21.1 Å². The fourth-order valence-corrected chi connectivity index (χ4v) is 3.87. The van der Waals surface area contributed by atoms with E-state index >= 15 is 0 Å². The highest BCUT2D eigenvalue weighted by molar-refractivity contribution is 14.0. The zero-order valence-electron chi connectivity index (χ0n) is 17.0. The van der Waals surface area contributed by atoms with E-state index in [0.717, 1.165) is 68.0 Å². The molecule has 1 aromatic heterocycles. The molecule has 0 unspecified atom stereocenters. The summed E-state index contributed by atoms with van der Waals surface area (Å²) in [7, 11) is 3.50. The summed E-state index contributed by atoms with van der Waals surface area (Å²) in [5, 5.41) is 7.61. The molecule has 2 aromatic rings. The van der Waals surface area contributed by atoms with E-state index in [1.54, 1.807) is 14.2 Å². The Labute approximate surface area is 195 Å². The van der Waals surface area contributed by atoms with Crippen LogP contribution in [-0.2, 0) is 16.7 Å². The fraction of sp³-hybridized carbons (Fsp3) is 0.476. The first-order valence-electron chi connectivity index (χ1n) is 9.64. The number of aliphatic imine (C=N–C) groups is 1. The predicted octanol–water partition coefficient (Wildman–Crippen LogP) is 3.68. The minimum atomic E-state index is -0.119. The lowest BCUT2D eigenvalue weighted by Gasteiger charge is -2.39. The summed E-state index contributed by atoms with van der Waals surface area (Å²) in [6.45, 7) is 3.85. The van der Waals surface area contributed by atoms with Crippen molar-refractivity contribution in [2.24, 2.45) is 4.99 Å². The van der Waals surface area contributed by atoms with Crippen molar-refractivity contribution in [1.82, 2.24) is 15.2 Å². The van der Waals surface area contributed by atoms with Crippen LogP contribution < -0.4 is 15.4 Å². The molecule has 0 spiro atoms. The van der Waals surface area contributed by atoms with Gasteiger partial charge in [-0.05, 0) is 43.2 Å². The average Bonchev–Trinajstić information content (AvgIpc) is 3.24. The van der Waals surface area contributed by atoms with Gasteiger partial charge in [0.05, 0.1) is 7.11 Å². The van der Waals surface area contributed by atoms with E-state index in [1.165, 1.54) is 0 Å². The number of ether oxygens (including phenoxy) is 2. The number of nitrogens with one attached hydrogen (secondary N) is 2. The predicted molar refractivity (Wildman–Crippen MR) is 129 cm³/mol. The normalized spacial score (nSPS) is 16.0. The number of hydrogen-bond donors (Lipinski definition) is 2. The maximum atomic E-state index is 6.32. The van der Waals surface area contributed by atoms with Crippen molar-refractivity contribution in [3.63, 3.8) is 0 Å². The zero-order valence-corrected chi connectivity index (χ0v) is 20.1. The second-order valence-corrected chi connectivity index (χ2v) is 7.45. The van der Waals surface area contributed by atoms with Gasteiger partial charge in [-0.25, -0.2) is 0 Å². The van der Waals surface area contributed by atoms with Crippen LogP contribution in [0.25, 0.3) is 0 Å². The summed E-state index contributed by atoms with van der Waals surface area (Å²) >= 11 is 6.32. The number of guanidine groups is 1. The van der Waals surface area contributed by atoms with Gasteiger partial charge >= 0.3 is 0 Å². The van der Waals surface area contributed by atoms with Crippen LogP contribution in [0.15, 0.2) is 47.7 Å². The zero-order chi connectivity index (χ0) is 19.8. The maximum Gasteiger partial charge on any atom is 0.191 e. The summed E-state index contributed by atoms with van der Waals surface area (Å²) in [5.74, 6) is 1.66. The molecule has 0 bridgehead atoms. The Kier molecular flexibility index (Phi) is 9.58. The van der Waals surface area contributed by atoms with Crippen LogP contribution in [0.2, 0.25) is 5.02 Å². The molecule has 8 heteroatoms. The number of aromatic nitrogens is 1. The van der Waals surface area contributed by atoms with Gasteiger partial charge in [-0.15, -0.1) is 24.0 Å². The Hall–Kier alpha value is -1.45. The van der Waals surface area contributed by atoms with E-state index in [0.29, 0.717) is 0 Å². The van der Waals surface area contributed by atoms with Crippen LogP contribution in [0.5, 0.6) is 5.75 Å². The highest BCUT2D eigenvalue weighted by Crippen LogP contribution is 2.40. The molecule has 1 fully saturated rings. The first kappa shape index (κ1) is 23.8. The summed E-state index contributed by atoms with van der Waals surface area (Å²) in [5.41, 5.74) is 1.01. The molecule has 0 amide bonds. The van der Waals surface area contributed by atoms with Crippen LogP contribution in [-0.4, -0.2) is 51.0 Å². The quantitative estimate of drug-likeness (QED) is 0.325. The molecule has 0 aliphatic carbocycles. The summed E-state index contributed by atoms with van der Waals surface area (Å²) in [6, 6.07) is 9.89. The minimum absolute atomic E-state index is 0. The van der Waals surface area contributed by atoms with Gasteiger partial charge in [-0.3, -0.25) is 4.99 Å². The van der Waals surface area contributed by atoms with Crippen molar-refractivity contribution < 1.29 is 9.47 Å². The third kappa shape index (κ3) is 6.26. The Morgan fingerprint density at radius 2 is 1.97 bits per heavy atom. The van der Waals surface area contributed by atoms with Gasteiger partial charge in [0.25, 0.3) is 0 Å². The highest BCUT2D eigenvalue weighted by atomic mass is 127. The number of hydrogen-bond acceptors (Lipinski definition) is 3. The molecule has 1 saturated heterocycles. The highest BCUT2D eigenvalue weighted by Gasteiger charge is 2.37. The summed E-state index contributed by atoms with van der Waals surface area (Å²) < 4.78 is 13.4. The molecule has 160 valence electrons. The monoisotopic (exact) mass is 532 g/mol. The van der Waals surface area contributed by atoms with Gasteiger partial charge < -0.3 is 24.7 Å². The van der Waals surface area contributed by atoms with E-state index in [9.17, 15) is 0 Å². The van der Waals surface area contributed by atoms with Crippen LogP contribution in [0.4, 0.5) is 0 Å². The minimum Gasteiger partial charge on any atom is -0.496 e. The molecule has 2 heterocycles. The number of nitrogens with zero attached hydrogens (tertiary/aromatic N) is 2. The molecule has 2 N–H and O–H groups in total. The summed E-state index contributed by atoms with van der Waals surface area (Å²) in [4.78, 5) is 4.37. The molecular formula is C21H30ClIN4O2. The lowest BCUT2D eigenvalue weighted by atomic mass is 9.73. The van der Waals surface area contributed by atoms with Crippen molar-refractivity contribution in [3.8, 4) is 5.75 Å². The van der Waals surface area contributed by atoms with Crippen LogP contribution in [0.1, 0.15) is 18.4 Å². The molecule has 3 rings (SSSR count). The SMILES string of the molecule is CN=C(NCCn1cccc1)NCC1(c2cc(Cl)ccc2OC)CCOCC1.I. The second-order valence-electron chi connectivity index (χ2n) is 7.01. The third-order valence-corrected chi connectivity index (χ3v) is 5.56. The van der Waals surface area contributed by atoms with Crippen molar-refractivity contribution in [3.05, 3.63) is 53.3 Å². The Morgan fingerprint density at radius 3 is 2.62 bits per heavy atom. The Balaban J connectivity index is 0.00000300. The standard InChI is InChI=1S/C21H29ClN4O2.HI/c1-23-20(24-9-12-26-10-3-4-11-26)25-16-21(7-13-28-14-8-21)18-15-17(22)5-6-19(18)27-2;/h3-6,10-11,15H,7-9,12-14,16H2,1-2H3,(H2,23,24,25);1H. The maximum absolute atomic E-state index is 6.32. The number of halogens is 2. The van der Waals surface area contributed by atoms with Crippen molar-refractivity contribution in [1.29, 1.82) is 0 Å². The van der Waals surface area contributed by atoms with Crippen molar-refractivity contribution in [2.45, 2.75) is 24.8 Å². The van der Waals surface area contributed by atoms with Gasteiger partial charge in [-0.2, -0.15) is 0 Å². The van der Waals surface area contributed by atoms with E-state index in [2.05, 4.69) is 32.6 Å². The smallest absolute Gasteiger partial charge is 0.191 e. The average molecular weight is 533 g/mol. The van der Waals surface area contributed by atoms with Gasteiger partial charge in [0.1, 0.15) is 5.75 Å². The lowest BCUT2D eigenvalue weighted by Crippen LogP contribution is -2.48. The van der Waals surface area contributed by atoms with Gasteiger partial charge in [0.2, 0.25) is 0 Å². The van der Waals surface area contributed by atoms with Crippen molar-refractivity contribution >= 4 is 41.5 Å². The molecule has 6 nitrogen and oxygen atoms in total. The van der Waals surface area contributed by atoms with Crippen molar-refractivity contribution in [2.75, 3.05) is 40.5 Å². The lowest BCUT2D eigenvalue weighted by molar-refractivity contribution is 0.0505. The Bertz CT molecular complexity index is 777. The van der Waals surface area contributed by atoms with Gasteiger partial charge in [-0.1, -0.05) is 11.6 Å². The Morgan fingerprint density at radius 1 is 1.24 bits per heavy atom. The number of rotatable bonds is 7. The summed E-state index contributed by atoms with van der Waals surface area (Å²) in [6.07, 6.45) is 5.91. The molecule has 29 heavy (non-hydrogen) atoms. The van der Waals surface area contributed by atoms with Crippen LogP contribution in [0.3, 0.4) is 0 Å². The van der Waals surface area contributed by atoms with E-state index < -0.39 is 0 Å². The van der Waals surface area contributed by atoms with Crippen LogP contribution in [0, 0.1) is 0 Å². The molecular weight excluding hydrogens is 503 g/mol. The largest absolute Gasteiger partial charge is 0.496 e. The fourth-order valence-electron chi connectivity index (χ4n) is 3.69. The molecule has 0 atom stereocenters. The second kappa shape index (κ2) is 11.7. The molecule has 0 saturated carbocycles. The van der Waals surface area contributed by atoms with E-state index in [1.807, 2.05) is 30.3 Å². The number of benzene rings is 1. The molecule has 1 aliphatic heterocycles. The van der Waals surface area contributed by atoms with Gasteiger partial charge in [0, 0.05) is 68.3 Å². The van der Waals surface area contributed by atoms with Gasteiger partial charge in [0.15, 0.2) is 5.96 Å². The first-order valence-corrected chi connectivity index (χ1v) is 10.0. The first-order chi connectivity index (χ1) is 13.7. The van der Waals surface area contributed by atoms with E-state index in [-0.39, 0.29) is 29.4 Å². The molecule has 1 aromatic carbocycles.